The second kappa shape index (κ2) is 48.7. The predicted molar refractivity (Wildman–Crippen MR) is 305 cm³/mol. The van der Waals surface area contributed by atoms with Crippen LogP contribution in [0, 0.1) is 0 Å². The summed E-state index contributed by atoms with van der Waals surface area (Å²) in [5.41, 5.74) is 0. The van der Waals surface area contributed by atoms with E-state index in [1.165, 1.54) is 218 Å². The molecule has 76 heavy (non-hydrogen) atoms. The molecular formula is C62H121NO13. The third kappa shape index (κ3) is 33.7. The van der Waals surface area contributed by atoms with Crippen molar-refractivity contribution in [1.29, 1.82) is 0 Å². The number of amides is 1. The van der Waals surface area contributed by atoms with E-state index in [2.05, 4.69) is 19.2 Å². The van der Waals surface area contributed by atoms with Crippen LogP contribution < -0.4 is 5.32 Å². The van der Waals surface area contributed by atoms with Gasteiger partial charge >= 0.3 is 0 Å². The van der Waals surface area contributed by atoms with Crippen molar-refractivity contribution in [2.75, 3.05) is 19.8 Å². The van der Waals surface area contributed by atoms with E-state index in [4.69, 9.17) is 18.9 Å². The van der Waals surface area contributed by atoms with E-state index in [1.54, 1.807) is 0 Å². The fraction of sp³-hybridized carbons (Fsp3) is 0.984. The number of aliphatic hydroxyl groups excluding tert-OH is 8. The van der Waals surface area contributed by atoms with Crippen LogP contribution in [0.15, 0.2) is 0 Å². The molecule has 14 heteroatoms. The van der Waals surface area contributed by atoms with Gasteiger partial charge in [-0.05, 0) is 12.8 Å². The van der Waals surface area contributed by atoms with Gasteiger partial charge in [-0.25, -0.2) is 0 Å². The highest BCUT2D eigenvalue weighted by Gasteiger charge is 2.51. The van der Waals surface area contributed by atoms with Crippen molar-refractivity contribution in [2.24, 2.45) is 0 Å². The van der Waals surface area contributed by atoms with Gasteiger partial charge in [0.05, 0.1) is 32.0 Å². The Labute approximate surface area is 464 Å². The molecule has 0 radical (unpaired) electrons. The van der Waals surface area contributed by atoms with Gasteiger partial charge in [0.25, 0.3) is 0 Å². The van der Waals surface area contributed by atoms with Crippen LogP contribution in [0.1, 0.15) is 296 Å². The van der Waals surface area contributed by atoms with E-state index in [-0.39, 0.29) is 12.5 Å². The Hall–Kier alpha value is -1.01. The Balaban J connectivity index is 1.67. The number of unbranched alkanes of at least 4 members (excludes halogenated alkanes) is 40. The molecule has 0 aromatic heterocycles. The summed E-state index contributed by atoms with van der Waals surface area (Å²) in [5, 5.41) is 87.3. The molecule has 2 fully saturated rings. The summed E-state index contributed by atoms with van der Waals surface area (Å²) in [7, 11) is 0. The molecule has 0 saturated carbocycles. The van der Waals surface area contributed by atoms with Crippen LogP contribution in [0.3, 0.4) is 0 Å². The summed E-state index contributed by atoms with van der Waals surface area (Å²) in [5.74, 6) is -0.199. The highest BCUT2D eigenvalue weighted by atomic mass is 16.7. The molecule has 1 amide bonds. The summed E-state index contributed by atoms with van der Waals surface area (Å²) in [6, 6.07) is -0.823. The number of carbonyl (C=O) groups excluding carboxylic acids is 1. The first kappa shape index (κ1) is 71.1. The van der Waals surface area contributed by atoms with Gasteiger partial charge < -0.3 is 65.1 Å². The molecule has 4 unspecified atom stereocenters. The van der Waals surface area contributed by atoms with Gasteiger partial charge in [0.15, 0.2) is 12.6 Å². The molecule has 0 aromatic carbocycles. The maximum atomic E-state index is 13.3. The topological polar surface area (TPSA) is 228 Å². The molecule has 2 saturated heterocycles. The Morgan fingerprint density at radius 2 is 0.750 bits per heavy atom. The lowest BCUT2D eigenvalue weighted by Crippen LogP contribution is -2.65. The predicted octanol–water partition coefficient (Wildman–Crippen LogP) is 11.7. The fourth-order valence-electron chi connectivity index (χ4n) is 11.1. The molecule has 12 atom stereocenters. The maximum Gasteiger partial charge on any atom is 0.220 e. The standard InChI is InChI=1S/C62H121NO13/c1-3-5-7-9-11-13-15-17-19-20-21-22-23-24-25-26-27-28-29-30-32-34-36-38-40-42-44-46-54(67)63-50(51(66)45-43-41-39-37-35-33-31-18-16-14-12-10-8-6-4-2)49-73-61-59(72)57(70)60(53(48-65)75-61)76-62-58(71)56(69)55(68)52(47-64)74-62/h50-53,55-62,64-66,68-72H,3-49H2,1-2H3,(H,63,67)/t50-,51+,52+,53+,55-,56?,57?,58?,59?,60+,61+,62-/m0/s1. The molecule has 9 N–H and O–H groups in total. The number of hydrogen-bond donors (Lipinski definition) is 9. The first-order valence-electron chi connectivity index (χ1n) is 32.3. The first-order chi connectivity index (χ1) is 37.1. The van der Waals surface area contributed by atoms with E-state index in [0.29, 0.717) is 12.8 Å². The molecule has 0 spiro atoms. The van der Waals surface area contributed by atoms with Crippen LogP contribution in [0.5, 0.6) is 0 Å². The van der Waals surface area contributed by atoms with Crippen molar-refractivity contribution in [3.8, 4) is 0 Å². The Morgan fingerprint density at radius 3 is 1.12 bits per heavy atom. The smallest absolute Gasteiger partial charge is 0.220 e. The van der Waals surface area contributed by atoms with Crippen LogP contribution >= 0.6 is 0 Å². The molecule has 0 bridgehead atoms. The molecule has 2 aliphatic rings. The molecule has 0 aromatic rings. The monoisotopic (exact) mass is 1090 g/mol. The lowest BCUT2D eigenvalue weighted by Gasteiger charge is -2.46. The lowest BCUT2D eigenvalue weighted by molar-refractivity contribution is -0.359. The number of hydrogen-bond acceptors (Lipinski definition) is 13. The molecule has 14 nitrogen and oxygen atoms in total. The normalized spacial score (nSPS) is 24.8. The van der Waals surface area contributed by atoms with Crippen molar-refractivity contribution in [2.45, 2.75) is 370 Å². The lowest BCUT2D eigenvalue weighted by atomic mass is 9.97. The largest absolute Gasteiger partial charge is 0.394 e. The molecule has 2 aliphatic heterocycles. The van der Waals surface area contributed by atoms with Crippen LogP contribution in [-0.4, -0.2) is 140 Å². The SMILES string of the molecule is CCCCCCCCCCCCCCCCCCCCCCCCCCCCCC(=O)N[C@@H](CO[C@@H]1O[C@H](CO)[C@@H](O[C@@H]2O[C@H](CO)[C@H](O)C(O)C2O)C(O)C1O)[C@H](O)CCCCCCCCCCCCCCCCC. The summed E-state index contributed by atoms with van der Waals surface area (Å²) < 4.78 is 22.9. The number of carbonyl (C=O) groups is 1. The number of nitrogens with one attached hydrogen (secondary N) is 1. The van der Waals surface area contributed by atoms with Gasteiger partial charge in [0, 0.05) is 6.42 Å². The van der Waals surface area contributed by atoms with Gasteiger partial charge in [0.1, 0.15) is 48.8 Å². The third-order valence-electron chi connectivity index (χ3n) is 16.3. The summed E-state index contributed by atoms with van der Waals surface area (Å²) in [6.45, 7) is 2.91. The van der Waals surface area contributed by atoms with Gasteiger partial charge in [-0.1, -0.05) is 277 Å². The number of rotatable bonds is 53. The van der Waals surface area contributed by atoms with Gasteiger partial charge in [-0.3, -0.25) is 4.79 Å². The quantitative estimate of drug-likeness (QED) is 0.0259. The van der Waals surface area contributed by atoms with Crippen molar-refractivity contribution >= 4 is 5.91 Å². The molecule has 0 aliphatic carbocycles. The highest BCUT2D eigenvalue weighted by molar-refractivity contribution is 5.76. The van der Waals surface area contributed by atoms with E-state index in [9.17, 15) is 45.6 Å². The molecule has 2 rings (SSSR count). The Morgan fingerprint density at radius 1 is 0.421 bits per heavy atom. The third-order valence-corrected chi connectivity index (χ3v) is 16.3. The fourth-order valence-corrected chi connectivity index (χ4v) is 11.1. The van der Waals surface area contributed by atoms with E-state index >= 15 is 0 Å². The number of aliphatic hydroxyl groups is 8. The van der Waals surface area contributed by atoms with Crippen molar-refractivity contribution in [3.63, 3.8) is 0 Å². The summed E-state index contributed by atoms with van der Waals surface area (Å²) >= 11 is 0. The minimum atomic E-state index is -1.78. The Kier molecular flexibility index (Phi) is 45.5. The summed E-state index contributed by atoms with van der Waals surface area (Å²) in [4.78, 5) is 13.3. The van der Waals surface area contributed by atoms with E-state index in [0.717, 1.165) is 51.4 Å². The first-order valence-corrected chi connectivity index (χ1v) is 32.3. The zero-order valence-electron chi connectivity index (χ0n) is 48.8. The van der Waals surface area contributed by atoms with E-state index < -0.39 is 86.8 Å². The average Bonchev–Trinajstić information content (AvgIpc) is 3.42. The van der Waals surface area contributed by atoms with Gasteiger partial charge in [0.2, 0.25) is 5.91 Å². The van der Waals surface area contributed by atoms with Gasteiger partial charge in [-0.2, -0.15) is 0 Å². The minimum Gasteiger partial charge on any atom is -0.394 e. The maximum absolute atomic E-state index is 13.3. The van der Waals surface area contributed by atoms with E-state index in [1.807, 2.05) is 0 Å². The highest BCUT2D eigenvalue weighted by Crippen LogP contribution is 2.30. The van der Waals surface area contributed by atoms with Crippen LogP contribution in [0.4, 0.5) is 0 Å². The minimum absolute atomic E-state index is 0.199. The molecule has 2 heterocycles. The molecule has 452 valence electrons. The zero-order valence-corrected chi connectivity index (χ0v) is 48.8. The average molecular weight is 1090 g/mol. The van der Waals surface area contributed by atoms with Crippen molar-refractivity contribution in [1.82, 2.24) is 5.32 Å². The second-order valence-corrected chi connectivity index (χ2v) is 23.3. The van der Waals surface area contributed by atoms with Crippen molar-refractivity contribution in [3.05, 3.63) is 0 Å². The van der Waals surface area contributed by atoms with Crippen LogP contribution in [0.25, 0.3) is 0 Å². The number of ether oxygens (including phenoxy) is 4. The zero-order chi connectivity index (χ0) is 55.3. The van der Waals surface area contributed by atoms with Crippen molar-refractivity contribution < 1.29 is 64.6 Å². The van der Waals surface area contributed by atoms with Gasteiger partial charge in [-0.15, -0.1) is 0 Å². The molecular weight excluding hydrogens is 967 g/mol. The summed E-state index contributed by atoms with van der Waals surface area (Å²) in [6.07, 6.45) is 38.3. The second-order valence-electron chi connectivity index (χ2n) is 23.3. The Bertz CT molecular complexity index is 1280. The van der Waals surface area contributed by atoms with Crippen LogP contribution in [-0.2, 0) is 23.7 Å². The van der Waals surface area contributed by atoms with Crippen LogP contribution in [0.2, 0.25) is 0 Å².